The van der Waals surface area contributed by atoms with E-state index in [4.69, 9.17) is 14.5 Å². The minimum absolute atomic E-state index is 0.0296. The zero-order valence-corrected chi connectivity index (χ0v) is 26.1. The van der Waals surface area contributed by atoms with Gasteiger partial charge in [-0.25, -0.2) is 4.98 Å². The molecule has 0 spiro atoms. The van der Waals surface area contributed by atoms with Crippen LogP contribution in [0.1, 0.15) is 61.9 Å². The monoisotopic (exact) mass is 730 g/mol. The van der Waals surface area contributed by atoms with Gasteiger partial charge in [-0.2, -0.15) is 9.78 Å². The Morgan fingerprint density at radius 3 is 2.59 bits per heavy atom. The summed E-state index contributed by atoms with van der Waals surface area (Å²) in [5, 5.41) is 16.1. The molecule has 0 bridgehead atoms. The predicted molar refractivity (Wildman–Crippen MR) is 170 cm³/mol. The Hall–Kier alpha value is -3.32. The third-order valence-electron chi connectivity index (χ3n) is 6.99. The molecule has 11 heteroatoms. The second-order valence-corrected chi connectivity index (χ2v) is 11.9. The van der Waals surface area contributed by atoms with Gasteiger partial charge in [-0.15, -0.1) is 0 Å². The van der Waals surface area contributed by atoms with Crippen molar-refractivity contribution in [1.82, 2.24) is 9.66 Å². The molecule has 1 saturated carbocycles. The second-order valence-electron chi connectivity index (χ2n) is 9.80. The molecule has 0 atom stereocenters. The van der Waals surface area contributed by atoms with E-state index in [0.717, 1.165) is 44.9 Å². The number of nitrogens with zero attached hydrogens (tertiary/aromatic N) is 4. The molecule has 1 aliphatic rings. The zero-order chi connectivity index (χ0) is 28.9. The highest BCUT2D eigenvalue weighted by Gasteiger charge is 2.23. The van der Waals surface area contributed by atoms with Crippen LogP contribution in [0.25, 0.3) is 10.9 Å². The highest BCUT2D eigenvalue weighted by atomic mass is 127. The standard InChI is InChI=1S/C30H28BrIN4O5/c1-2-40-27-15-20(14-25(32)28(27)41-18-19-8-11-23(12-9-19)36(38)39)17-33-35-29(21-6-4-3-5-7-21)34-26-13-10-22(31)16-24(26)30(35)37/h8-17,21H,2-7,18H2,1H3. The molecule has 4 aromatic rings. The number of rotatable bonds is 9. The van der Waals surface area contributed by atoms with Crippen LogP contribution < -0.4 is 15.0 Å². The smallest absolute Gasteiger partial charge is 0.282 e. The largest absolute Gasteiger partial charge is 0.490 e. The van der Waals surface area contributed by atoms with Gasteiger partial charge in [0.05, 0.1) is 32.2 Å². The van der Waals surface area contributed by atoms with Crippen LogP contribution in [0.2, 0.25) is 0 Å². The molecule has 1 fully saturated rings. The number of aromatic nitrogens is 2. The Morgan fingerprint density at radius 1 is 1.12 bits per heavy atom. The van der Waals surface area contributed by atoms with Crippen LogP contribution in [-0.4, -0.2) is 27.4 Å². The summed E-state index contributed by atoms with van der Waals surface area (Å²) in [6, 6.07) is 15.5. The summed E-state index contributed by atoms with van der Waals surface area (Å²) in [6.45, 7) is 2.54. The highest BCUT2D eigenvalue weighted by Crippen LogP contribution is 2.35. The Labute approximate surface area is 259 Å². The van der Waals surface area contributed by atoms with Crippen LogP contribution in [0, 0.1) is 13.7 Å². The molecular formula is C30H28BrIN4O5. The first kappa shape index (κ1) is 29.2. The second kappa shape index (κ2) is 13.1. The summed E-state index contributed by atoms with van der Waals surface area (Å²) in [6.07, 6.45) is 7.04. The van der Waals surface area contributed by atoms with E-state index >= 15 is 0 Å². The molecule has 9 nitrogen and oxygen atoms in total. The van der Waals surface area contributed by atoms with Gasteiger partial charge in [0.1, 0.15) is 12.4 Å². The van der Waals surface area contributed by atoms with Crippen LogP contribution in [0.5, 0.6) is 11.5 Å². The Bertz CT molecular complexity index is 1670. The quantitative estimate of drug-likeness (QED) is 0.0761. The highest BCUT2D eigenvalue weighted by molar-refractivity contribution is 14.1. The molecule has 0 radical (unpaired) electrons. The number of halogens is 2. The fourth-order valence-corrected chi connectivity index (χ4v) is 6.10. The lowest BCUT2D eigenvalue weighted by atomic mass is 9.88. The number of nitro groups is 1. The van der Waals surface area contributed by atoms with E-state index in [0.29, 0.717) is 34.8 Å². The van der Waals surface area contributed by atoms with Gasteiger partial charge in [0.25, 0.3) is 11.2 Å². The molecule has 0 aliphatic heterocycles. The fourth-order valence-electron chi connectivity index (χ4n) is 4.96. The molecule has 0 N–H and O–H groups in total. The summed E-state index contributed by atoms with van der Waals surface area (Å²) in [4.78, 5) is 29.1. The van der Waals surface area contributed by atoms with Crippen molar-refractivity contribution in [1.29, 1.82) is 0 Å². The van der Waals surface area contributed by atoms with Gasteiger partial charge in [-0.3, -0.25) is 14.9 Å². The first-order valence-corrected chi connectivity index (χ1v) is 15.3. The van der Waals surface area contributed by atoms with E-state index in [1.807, 2.05) is 31.2 Å². The average Bonchev–Trinajstić information content (AvgIpc) is 2.97. The van der Waals surface area contributed by atoms with Crippen molar-refractivity contribution in [3.63, 3.8) is 0 Å². The van der Waals surface area contributed by atoms with E-state index in [2.05, 4.69) is 43.6 Å². The third kappa shape index (κ3) is 6.78. The minimum atomic E-state index is -0.430. The number of fused-ring (bicyclic) bond motifs is 1. The summed E-state index contributed by atoms with van der Waals surface area (Å²) in [7, 11) is 0. The molecular weight excluding hydrogens is 703 g/mol. The molecule has 0 saturated heterocycles. The van der Waals surface area contributed by atoms with Gasteiger partial charge in [-0.1, -0.05) is 35.2 Å². The molecule has 212 valence electrons. The summed E-state index contributed by atoms with van der Waals surface area (Å²) in [5.41, 5.74) is 2.05. The zero-order valence-electron chi connectivity index (χ0n) is 22.4. The van der Waals surface area contributed by atoms with Crippen LogP contribution >= 0.6 is 38.5 Å². The Morgan fingerprint density at radius 2 is 1.88 bits per heavy atom. The molecule has 5 rings (SSSR count). The number of non-ortho nitro benzene ring substituents is 1. The van der Waals surface area contributed by atoms with Gasteiger partial charge in [0, 0.05) is 22.5 Å². The van der Waals surface area contributed by atoms with E-state index in [-0.39, 0.29) is 23.8 Å². The van der Waals surface area contributed by atoms with Gasteiger partial charge < -0.3 is 9.47 Å². The fraction of sp³-hybridized carbons (Fsp3) is 0.300. The first-order chi connectivity index (χ1) is 19.8. The van der Waals surface area contributed by atoms with Crippen LogP contribution in [0.4, 0.5) is 5.69 Å². The topological polar surface area (TPSA) is 109 Å². The van der Waals surface area contributed by atoms with Crippen molar-refractivity contribution in [2.75, 3.05) is 6.61 Å². The maximum absolute atomic E-state index is 13.6. The van der Waals surface area contributed by atoms with Crippen molar-refractivity contribution < 1.29 is 14.4 Å². The number of benzene rings is 3. The minimum Gasteiger partial charge on any atom is -0.490 e. The van der Waals surface area contributed by atoms with Gasteiger partial charge in [0.2, 0.25) is 0 Å². The van der Waals surface area contributed by atoms with Gasteiger partial charge in [0.15, 0.2) is 11.5 Å². The first-order valence-electron chi connectivity index (χ1n) is 13.4. The summed E-state index contributed by atoms with van der Waals surface area (Å²) in [5.74, 6) is 1.99. The van der Waals surface area contributed by atoms with Crippen molar-refractivity contribution in [3.05, 3.63) is 100 Å². The van der Waals surface area contributed by atoms with Crippen molar-refractivity contribution in [2.24, 2.45) is 5.10 Å². The number of ether oxygens (including phenoxy) is 2. The maximum atomic E-state index is 13.6. The van der Waals surface area contributed by atoms with Crippen LogP contribution in [0.15, 0.2) is 69.0 Å². The van der Waals surface area contributed by atoms with E-state index in [1.165, 1.54) is 23.2 Å². The van der Waals surface area contributed by atoms with E-state index < -0.39 is 4.92 Å². The van der Waals surface area contributed by atoms with Crippen molar-refractivity contribution in [2.45, 2.75) is 51.6 Å². The lowest BCUT2D eigenvalue weighted by Gasteiger charge is -2.22. The SMILES string of the molecule is CCOc1cc(C=Nn2c(C3CCCCC3)nc3ccc(Br)cc3c2=O)cc(I)c1OCc1ccc([N+](=O)[O-])cc1. The van der Waals surface area contributed by atoms with Crippen LogP contribution in [-0.2, 0) is 6.61 Å². The lowest BCUT2D eigenvalue weighted by molar-refractivity contribution is -0.384. The predicted octanol–water partition coefficient (Wildman–Crippen LogP) is 7.58. The van der Waals surface area contributed by atoms with Crippen molar-refractivity contribution >= 4 is 61.3 Å². The van der Waals surface area contributed by atoms with E-state index in [9.17, 15) is 14.9 Å². The lowest BCUT2D eigenvalue weighted by Crippen LogP contribution is -2.25. The summed E-state index contributed by atoms with van der Waals surface area (Å²) >= 11 is 5.65. The van der Waals surface area contributed by atoms with E-state index in [1.54, 1.807) is 24.4 Å². The maximum Gasteiger partial charge on any atom is 0.282 e. The molecule has 0 unspecified atom stereocenters. The molecule has 1 heterocycles. The average molecular weight is 731 g/mol. The van der Waals surface area contributed by atoms with Crippen molar-refractivity contribution in [3.8, 4) is 11.5 Å². The molecule has 3 aromatic carbocycles. The normalized spacial score (nSPS) is 14.0. The molecule has 0 amide bonds. The Balaban J connectivity index is 1.47. The Kier molecular flexibility index (Phi) is 9.33. The molecule has 41 heavy (non-hydrogen) atoms. The number of hydrogen-bond donors (Lipinski definition) is 0. The van der Waals surface area contributed by atoms with Gasteiger partial charge >= 0.3 is 0 Å². The molecule has 1 aliphatic carbocycles. The molecule has 1 aromatic heterocycles. The third-order valence-corrected chi connectivity index (χ3v) is 8.28. The summed E-state index contributed by atoms with van der Waals surface area (Å²) < 4.78 is 15.0. The number of hydrogen-bond acceptors (Lipinski definition) is 7. The number of nitro benzene ring substituents is 1. The van der Waals surface area contributed by atoms with Gasteiger partial charge in [-0.05, 0) is 95.9 Å². The van der Waals surface area contributed by atoms with Crippen LogP contribution in [0.3, 0.4) is 0 Å².